The molecule has 0 radical (unpaired) electrons. The van der Waals surface area contributed by atoms with E-state index < -0.39 is 0 Å². The summed E-state index contributed by atoms with van der Waals surface area (Å²) in [5.41, 5.74) is 3.49. The average molecular weight is 284 g/mol. The first-order chi connectivity index (χ1) is 9.97. The maximum Gasteiger partial charge on any atom is 0.269 e. The van der Waals surface area contributed by atoms with Gasteiger partial charge in [0.1, 0.15) is 0 Å². The molecule has 1 N–H and O–H groups in total. The van der Waals surface area contributed by atoms with Gasteiger partial charge in [-0.3, -0.25) is 10.1 Å². The molecular formula is C17H20N2O2. The van der Waals surface area contributed by atoms with Crippen LogP contribution in [0.4, 0.5) is 5.69 Å². The van der Waals surface area contributed by atoms with E-state index in [0.717, 1.165) is 5.56 Å². The molecule has 0 saturated heterocycles. The lowest BCUT2D eigenvalue weighted by atomic mass is 10.0. The number of nitro benzene ring substituents is 1. The molecule has 2 rings (SSSR count). The SMILES string of the molecule is Cc1cccc([C@@H](C)NC(C)c2cccc([N+](=O)[O-])c2)c1. The van der Waals surface area contributed by atoms with Crippen molar-refractivity contribution in [1.29, 1.82) is 0 Å². The van der Waals surface area contributed by atoms with Gasteiger partial charge in [0.25, 0.3) is 5.69 Å². The van der Waals surface area contributed by atoms with E-state index in [0.29, 0.717) is 0 Å². The van der Waals surface area contributed by atoms with Crippen molar-refractivity contribution in [3.63, 3.8) is 0 Å². The Balaban J connectivity index is 2.12. The number of nitrogens with zero attached hydrogens (tertiary/aromatic N) is 1. The molecule has 2 aromatic rings. The predicted molar refractivity (Wildman–Crippen MR) is 84.2 cm³/mol. The van der Waals surface area contributed by atoms with E-state index in [1.807, 2.05) is 19.1 Å². The molecule has 0 bridgehead atoms. The van der Waals surface area contributed by atoms with Gasteiger partial charge in [-0.05, 0) is 31.9 Å². The molecule has 0 fully saturated rings. The summed E-state index contributed by atoms with van der Waals surface area (Å²) in [7, 11) is 0. The van der Waals surface area contributed by atoms with Crippen molar-refractivity contribution in [3.05, 3.63) is 75.3 Å². The molecule has 0 saturated carbocycles. The molecule has 2 aromatic carbocycles. The van der Waals surface area contributed by atoms with Crippen LogP contribution in [-0.2, 0) is 0 Å². The maximum absolute atomic E-state index is 10.8. The zero-order valence-electron chi connectivity index (χ0n) is 12.5. The number of hydrogen-bond acceptors (Lipinski definition) is 3. The van der Waals surface area contributed by atoms with E-state index >= 15 is 0 Å². The second kappa shape index (κ2) is 6.50. The second-order valence-corrected chi connectivity index (χ2v) is 5.38. The van der Waals surface area contributed by atoms with Crippen LogP contribution in [0.15, 0.2) is 48.5 Å². The van der Waals surface area contributed by atoms with Gasteiger partial charge in [0.05, 0.1) is 4.92 Å². The van der Waals surface area contributed by atoms with E-state index in [2.05, 4.69) is 37.4 Å². The number of rotatable bonds is 5. The standard InChI is InChI=1S/C17H20N2O2/c1-12-6-4-7-15(10-12)13(2)18-14(3)16-8-5-9-17(11-16)19(20)21/h4-11,13-14,18H,1-3H3/t13-,14?/m1/s1. The zero-order chi connectivity index (χ0) is 15.4. The van der Waals surface area contributed by atoms with E-state index in [-0.39, 0.29) is 22.7 Å². The summed E-state index contributed by atoms with van der Waals surface area (Å²) in [6.45, 7) is 6.19. The highest BCUT2D eigenvalue weighted by atomic mass is 16.6. The topological polar surface area (TPSA) is 55.2 Å². The Morgan fingerprint density at radius 1 is 1.00 bits per heavy atom. The van der Waals surface area contributed by atoms with Crippen molar-refractivity contribution in [2.45, 2.75) is 32.9 Å². The fourth-order valence-electron chi connectivity index (χ4n) is 2.41. The molecular weight excluding hydrogens is 264 g/mol. The molecule has 21 heavy (non-hydrogen) atoms. The van der Waals surface area contributed by atoms with E-state index in [1.165, 1.54) is 17.2 Å². The van der Waals surface area contributed by atoms with Gasteiger partial charge < -0.3 is 5.32 Å². The summed E-state index contributed by atoms with van der Waals surface area (Å²) >= 11 is 0. The third kappa shape index (κ3) is 3.89. The molecule has 0 spiro atoms. The van der Waals surface area contributed by atoms with Crippen LogP contribution in [0, 0.1) is 17.0 Å². The highest BCUT2D eigenvalue weighted by Crippen LogP contribution is 2.22. The largest absolute Gasteiger partial charge is 0.304 e. The van der Waals surface area contributed by atoms with Crippen molar-refractivity contribution in [2.24, 2.45) is 0 Å². The Bertz CT molecular complexity index is 640. The van der Waals surface area contributed by atoms with Crippen LogP contribution < -0.4 is 5.32 Å². The molecule has 1 unspecified atom stereocenters. The van der Waals surface area contributed by atoms with Gasteiger partial charge in [-0.25, -0.2) is 0 Å². The highest BCUT2D eigenvalue weighted by molar-refractivity contribution is 5.36. The van der Waals surface area contributed by atoms with Crippen molar-refractivity contribution < 1.29 is 4.92 Å². The minimum atomic E-state index is -0.361. The molecule has 0 aliphatic rings. The first-order valence-electron chi connectivity index (χ1n) is 7.04. The highest BCUT2D eigenvalue weighted by Gasteiger charge is 2.14. The first kappa shape index (κ1) is 15.2. The van der Waals surface area contributed by atoms with Gasteiger partial charge in [0, 0.05) is 24.2 Å². The van der Waals surface area contributed by atoms with Gasteiger partial charge in [0.2, 0.25) is 0 Å². The van der Waals surface area contributed by atoms with Gasteiger partial charge >= 0.3 is 0 Å². The van der Waals surface area contributed by atoms with Crippen molar-refractivity contribution in [1.82, 2.24) is 5.32 Å². The molecule has 4 nitrogen and oxygen atoms in total. The summed E-state index contributed by atoms with van der Waals surface area (Å²) in [6, 6.07) is 15.3. The first-order valence-corrected chi connectivity index (χ1v) is 7.04. The fourth-order valence-corrected chi connectivity index (χ4v) is 2.41. The summed E-state index contributed by atoms with van der Waals surface area (Å²) in [5, 5.41) is 14.3. The molecule has 0 aromatic heterocycles. The lowest BCUT2D eigenvalue weighted by Crippen LogP contribution is -2.22. The lowest BCUT2D eigenvalue weighted by molar-refractivity contribution is -0.384. The third-order valence-corrected chi connectivity index (χ3v) is 3.62. The number of non-ortho nitro benzene ring substituents is 1. The Hall–Kier alpha value is -2.20. The van der Waals surface area contributed by atoms with E-state index in [4.69, 9.17) is 0 Å². The minimum Gasteiger partial charge on any atom is -0.304 e. The molecule has 110 valence electrons. The quantitative estimate of drug-likeness (QED) is 0.657. The summed E-state index contributed by atoms with van der Waals surface area (Å²) < 4.78 is 0. The van der Waals surface area contributed by atoms with Crippen LogP contribution in [0.2, 0.25) is 0 Å². The van der Waals surface area contributed by atoms with Gasteiger partial charge in [0.15, 0.2) is 0 Å². The Morgan fingerprint density at radius 3 is 2.14 bits per heavy atom. The molecule has 2 atom stereocenters. The number of benzene rings is 2. The molecule has 0 heterocycles. The molecule has 0 aliphatic heterocycles. The molecule has 0 aliphatic carbocycles. The van der Waals surface area contributed by atoms with Crippen molar-refractivity contribution >= 4 is 5.69 Å². The Labute approximate surface area is 125 Å². The van der Waals surface area contributed by atoms with Gasteiger partial charge in [-0.2, -0.15) is 0 Å². The minimum absolute atomic E-state index is 0.0420. The monoisotopic (exact) mass is 284 g/mol. The summed E-state index contributed by atoms with van der Waals surface area (Å²) in [6.07, 6.45) is 0. The van der Waals surface area contributed by atoms with Crippen LogP contribution in [-0.4, -0.2) is 4.92 Å². The Morgan fingerprint density at radius 2 is 1.57 bits per heavy atom. The van der Waals surface area contributed by atoms with Crippen LogP contribution in [0.25, 0.3) is 0 Å². The van der Waals surface area contributed by atoms with Crippen LogP contribution >= 0.6 is 0 Å². The van der Waals surface area contributed by atoms with Crippen molar-refractivity contribution in [2.75, 3.05) is 0 Å². The third-order valence-electron chi connectivity index (χ3n) is 3.62. The number of nitro groups is 1. The summed E-state index contributed by atoms with van der Waals surface area (Å²) in [4.78, 5) is 10.5. The fraction of sp³-hybridized carbons (Fsp3) is 0.294. The number of nitrogens with one attached hydrogen (secondary N) is 1. The van der Waals surface area contributed by atoms with Crippen LogP contribution in [0.3, 0.4) is 0 Å². The maximum atomic E-state index is 10.8. The Kier molecular flexibility index (Phi) is 4.70. The van der Waals surface area contributed by atoms with Crippen LogP contribution in [0.5, 0.6) is 0 Å². The van der Waals surface area contributed by atoms with Crippen molar-refractivity contribution in [3.8, 4) is 0 Å². The smallest absolute Gasteiger partial charge is 0.269 e. The molecule has 0 amide bonds. The number of aryl methyl sites for hydroxylation is 1. The lowest BCUT2D eigenvalue weighted by Gasteiger charge is -2.21. The van der Waals surface area contributed by atoms with Gasteiger partial charge in [-0.15, -0.1) is 0 Å². The predicted octanol–water partition coefficient (Wildman–Crippen LogP) is 4.32. The average Bonchev–Trinajstić information content (AvgIpc) is 2.47. The number of hydrogen-bond donors (Lipinski definition) is 1. The second-order valence-electron chi connectivity index (χ2n) is 5.38. The normalized spacial score (nSPS) is 13.7. The van der Waals surface area contributed by atoms with E-state index in [1.54, 1.807) is 12.1 Å². The van der Waals surface area contributed by atoms with E-state index in [9.17, 15) is 10.1 Å². The summed E-state index contributed by atoms with van der Waals surface area (Å²) in [5.74, 6) is 0. The zero-order valence-corrected chi connectivity index (χ0v) is 12.5. The molecule has 4 heteroatoms. The van der Waals surface area contributed by atoms with Crippen LogP contribution in [0.1, 0.15) is 42.6 Å². The van der Waals surface area contributed by atoms with Gasteiger partial charge in [-0.1, -0.05) is 42.0 Å².